The van der Waals surface area contributed by atoms with Crippen molar-refractivity contribution in [2.24, 2.45) is 17.6 Å². The first-order valence-corrected chi connectivity index (χ1v) is 15.5. The summed E-state index contributed by atoms with van der Waals surface area (Å²) >= 11 is 0. The molecule has 2 aromatic carbocycles. The zero-order valence-corrected chi connectivity index (χ0v) is 27.6. The highest BCUT2D eigenvalue weighted by molar-refractivity contribution is 6.32. The van der Waals surface area contributed by atoms with E-state index in [0.717, 1.165) is 0 Å². The molecule has 16 nitrogen and oxygen atoms in total. The van der Waals surface area contributed by atoms with E-state index >= 15 is 0 Å². The maximum absolute atomic E-state index is 13.7. The number of aliphatic hydroxyl groups excluding tert-OH is 1. The number of carbonyl (C=O) groups excluding carboxylic acids is 5. The lowest BCUT2D eigenvalue weighted by atomic mass is 9.97. The van der Waals surface area contributed by atoms with Gasteiger partial charge >= 0.3 is 17.8 Å². The quantitative estimate of drug-likeness (QED) is 0.0969. The van der Waals surface area contributed by atoms with Crippen molar-refractivity contribution in [1.29, 1.82) is 0 Å². The van der Waals surface area contributed by atoms with Crippen LogP contribution < -0.4 is 32.3 Å². The molecule has 0 heterocycles. The molecule has 10 N–H and O–H groups in total. The normalized spacial score (nSPS) is 14.0. The first-order valence-electron chi connectivity index (χ1n) is 15.5. The summed E-state index contributed by atoms with van der Waals surface area (Å²) in [4.78, 5) is 87.1. The minimum atomic E-state index is -1.83. The summed E-state index contributed by atoms with van der Waals surface area (Å²) in [5, 5.41) is 41.5. The standard InChI is InChI=1S/C33H44N6O10/c1-17(2)13-23(37-29(43)25(18(3)4)39-28(42)24(16-34)38-31(45)33(48)49)27(41)36-22(14-19-9-6-5-7-10-19)26(40)30(44)35-21-12-8-11-20(15-21)32(46)47/h5-12,15,17-18,22-26,40H,13-14,16,34H2,1-4H3,(H,35,44)(H,36,41)(H,37,43)(H,38,45)(H,39,42)(H,46,47)(H,48,49)/t22-,23-,24-,25-,26+/m0/s1. The number of nitrogens with two attached hydrogens (primary N) is 1. The molecule has 5 atom stereocenters. The van der Waals surface area contributed by atoms with E-state index < -0.39 is 84.2 Å². The first kappa shape index (κ1) is 39.8. The Kier molecular flexibility index (Phi) is 15.3. The van der Waals surface area contributed by atoms with E-state index in [1.807, 2.05) is 5.32 Å². The SMILES string of the molecule is CC(C)C[C@H](NC(=O)[C@@H](NC(=O)[C@H](CN)NC(=O)C(=O)O)C(C)C)C(=O)N[C@@H](Cc1ccccc1)[C@@H](O)C(=O)Nc1cccc(C(=O)O)c1. The van der Waals surface area contributed by atoms with Crippen molar-refractivity contribution in [2.45, 2.75) is 70.8 Å². The summed E-state index contributed by atoms with van der Waals surface area (Å²) in [7, 11) is 0. The van der Waals surface area contributed by atoms with Gasteiger partial charge in [0.15, 0.2) is 6.10 Å². The molecule has 0 unspecified atom stereocenters. The molecule has 0 aliphatic rings. The fourth-order valence-corrected chi connectivity index (χ4v) is 4.73. The molecule has 0 bridgehead atoms. The van der Waals surface area contributed by atoms with Gasteiger partial charge in [0.25, 0.3) is 5.91 Å². The minimum absolute atomic E-state index is 0.00585. The molecule has 0 aromatic heterocycles. The third-order valence-electron chi connectivity index (χ3n) is 7.29. The average molecular weight is 685 g/mol. The maximum Gasteiger partial charge on any atom is 0.394 e. The van der Waals surface area contributed by atoms with Gasteiger partial charge in [-0.2, -0.15) is 0 Å². The third-order valence-corrected chi connectivity index (χ3v) is 7.29. The number of hydrogen-bond donors (Lipinski definition) is 9. The Bertz CT molecular complexity index is 1500. The molecule has 49 heavy (non-hydrogen) atoms. The van der Waals surface area contributed by atoms with Gasteiger partial charge in [-0.05, 0) is 48.4 Å². The lowest BCUT2D eigenvalue weighted by molar-refractivity contribution is -0.151. The number of amides is 5. The second kappa shape index (κ2) is 18.8. The van der Waals surface area contributed by atoms with Gasteiger partial charge in [0.2, 0.25) is 17.7 Å². The van der Waals surface area contributed by atoms with Crippen LogP contribution in [-0.4, -0.2) is 93.6 Å². The van der Waals surface area contributed by atoms with Crippen molar-refractivity contribution in [2.75, 3.05) is 11.9 Å². The molecular formula is C33H44N6O10. The number of carboxylic acids is 2. The van der Waals surface area contributed by atoms with Gasteiger partial charge in [-0.3, -0.25) is 24.0 Å². The van der Waals surface area contributed by atoms with Gasteiger partial charge in [-0.15, -0.1) is 0 Å². The van der Waals surface area contributed by atoms with Crippen LogP contribution in [0.1, 0.15) is 50.0 Å². The lowest BCUT2D eigenvalue weighted by Gasteiger charge is -2.29. The number of rotatable bonds is 17. The number of carboxylic acid groups (broad SMARTS) is 2. The lowest BCUT2D eigenvalue weighted by Crippen LogP contribution is -2.61. The van der Waals surface area contributed by atoms with E-state index in [1.165, 1.54) is 24.3 Å². The van der Waals surface area contributed by atoms with Crippen molar-refractivity contribution in [3.8, 4) is 0 Å². The van der Waals surface area contributed by atoms with E-state index in [2.05, 4.69) is 21.3 Å². The Hall–Kier alpha value is -5.35. The number of aliphatic hydroxyl groups is 1. The molecule has 0 spiro atoms. The smallest absolute Gasteiger partial charge is 0.394 e. The molecule has 0 fully saturated rings. The Morgan fingerprint density at radius 1 is 0.735 bits per heavy atom. The van der Waals surface area contributed by atoms with Crippen LogP contribution in [0.3, 0.4) is 0 Å². The summed E-state index contributed by atoms with van der Waals surface area (Å²) in [6, 6.07) is 9.04. The van der Waals surface area contributed by atoms with E-state index in [0.29, 0.717) is 5.56 Å². The van der Waals surface area contributed by atoms with E-state index in [-0.39, 0.29) is 30.0 Å². The Balaban J connectivity index is 2.30. The van der Waals surface area contributed by atoms with E-state index in [4.69, 9.17) is 10.8 Å². The highest BCUT2D eigenvalue weighted by Crippen LogP contribution is 2.15. The number of benzene rings is 2. The van der Waals surface area contributed by atoms with Gasteiger partial charge < -0.3 is 47.6 Å². The highest BCUT2D eigenvalue weighted by Gasteiger charge is 2.34. The molecule has 5 amide bonds. The molecule has 2 aromatic rings. The number of nitrogens with one attached hydrogen (secondary N) is 5. The second-order valence-electron chi connectivity index (χ2n) is 12.1. The Morgan fingerprint density at radius 2 is 1.37 bits per heavy atom. The van der Waals surface area contributed by atoms with Gasteiger partial charge in [0, 0.05) is 12.2 Å². The number of hydrogen-bond acceptors (Lipinski definition) is 9. The largest absolute Gasteiger partial charge is 0.478 e. The number of anilines is 1. The number of carbonyl (C=O) groups is 7. The summed E-state index contributed by atoms with van der Waals surface area (Å²) in [5.74, 6) is -8.48. The van der Waals surface area contributed by atoms with Crippen molar-refractivity contribution < 1.29 is 48.9 Å². The molecule has 0 radical (unpaired) electrons. The fraction of sp³-hybridized carbons (Fsp3) is 0.424. The molecule has 0 saturated heterocycles. The van der Waals surface area contributed by atoms with Crippen molar-refractivity contribution in [1.82, 2.24) is 21.3 Å². The number of aliphatic carboxylic acids is 1. The monoisotopic (exact) mass is 684 g/mol. The zero-order chi connectivity index (χ0) is 36.8. The fourth-order valence-electron chi connectivity index (χ4n) is 4.73. The van der Waals surface area contributed by atoms with Gasteiger partial charge in [0.1, 0.15) is 18.1 Å². The van der Waals surface area contributed by atoms with E-state index in [9.17, 15) is 43.8 Å². The molecule has 0 aliphatic heterocycles. The minimum Gasteiger partial charge on any atom is -0.478 e. The molecular weight excluding hydrogens is 640 g/mol. The summed E-state index contributed by atoms with van der Waals surface area (Å²) in [5.41, 5.74) is 6.23. The van der Waals surface area contributed by atoms with Crippen LogP contribution in [0.4, 0.5) is 5.69 Å². The molecule has 16 heteroatoms. The highest BCUT2D eigenvalue weighted by atomic mass is 16.4. The van der Waals surface area contributed by atoms with Gasteiger partial charge in [0.05, 0.1) is 11.6 Å². The van der Waals surface area contributed by atoms with Crippen LogP contribution in [0.2, 0.25) is 0 Å². The van der Waals surface area contributed by atoms with Crippen LogP contribution >= 0.6 is 0 Å². The maximum atomic E-state index is 13.7. The molecule has 266 valence electrons. The topological polar surface area (TPSA) is 266 Å². The second-order valence-corrected chi connectivity index (χ2v) is 12.1. The van der Waals surface area contributed by atoms with Crippen LogP contribution in [0.25, 0.3) is 0 Å². The summed E-state index contributed by atoms with van der Waals surface area (Å²) in [6.45, 7) is 6.39. The van der Waals surface area contributed by atoms with Crippen LogP contribution in [0, 0.1) is 11.8 Å². The Labute approximate surface area is 283 Å². The first-order chi connectivity index (χ1) is 23.0. The predicted octanol–water partition coefficient (Wildman–Crippen LogP) is -0.388. The molecule has 0 aliphatic carbocycles. The summed E-state index contributed by atoms with van der Waals surface area (Å²) < 4.78 is 0. The molecule has 2 rings (SSSR count). The van der Waals surface area contributed by atoms with Gasteiger partial charge in [-0.25, -0.2) is 9.59 Å². The van der Waals surface area contributed by atoms with Crippen molar-refractivity contribution in [3.05, 3.63) is 65.7 Å². The third kappa shape index (κ3) is 12.6. The average Bonchev–Trinajstić information content (AvgIpc) is 3.04. The van der Waals surface area contributed by atoms with E-state index in [1.54, 1.807) is 58.0 Å². The van der Waals surface area contributed by atoms with Crippen LogP contribution in [0.5, 0.6) is 0 Å². The summed E-state index contributed by atoms with van der Waals surface area (Å²) in [6.07, 6.45) is -1.69. The molecule has 0 saturated carbocycles. The van der Waals surface area contributed by atoms with Crippen molar-refractivity contribution in [3.63, 3.8) is 0 Å². The Morgan fingerprint density at radius 3 is 1.92 bits per heavy atom. The number of aromatic carboxylic acids is 1. The van der Waals surface area contributed by atoms with Gasteiger partial charge in [-0.1, -0.05) is 64.1 Å². The zero-order valence-electron chi connectivity index (χ0n) is 27.6. The van der Waals surface area contributed by atoms with Crippen molar-refractivity contribution >= 4 is 47.2 Å². The van der Waals surface area contributed by atoms with Crippen LogP contribution in [0.15, 0.2) is 54.6 Å². The predicted molar refractivity (Wildman–Crippen MR) is 177 cm³/mol. The van der Waals surface area contributed by atoms with Crippen LogP contribution in [-0.2, 0) is 35.2 Å².